The van der Waals surface area contributed by atoms with E-state index in [0.717, 1.165) is 24.8 Å². The largest absolute Gasteiger partial charge is 0.461 e. The first kappa shape index (κ1) is 27.2. The van der Waals surface area contributed by atoms with Crippen molar-refractivity contribution in [2.75, 3.05) is 0 Å². The predicted octanol–water partition coefficient (Wildman–Crippen LogP) is 4.61. The molecule has 0 aromatic rings. The number of allylic oxidation sites excluding steroid dienone is 2. The summed E-state index contributed by atoms with van der Waals surface area (Å²) < 4.78 is 5.92. The third kappa shape index (κ3) is 7.78. The van der Waals surface area contributed by atoms with Crippen molar-refractivity contribution in [3.05, 3.63) is 23.8 Å². The maximum atomic E-state index is 12.5. The van der Waals surface area contributed by atoms with Gasteiger partial charge in [0.15, 0.2) is 0 Å². The highest BCUT2D eigenvalue weighted by Crippen LogP contribution is 2.44. The average Bonchev–Trinajstić information content (AvgIpc) is 2.72. The van der Waals surface area contributed by atoms with Crippen molar-refractivity contribution in [1.29, 1.82) is 0 Å². The van der Waals surface area contributed by atoms with Gasteiger partial charge in [-0.05, 0) is 55.2 Å². The van der Waals surface area contributed by atoms with Gasteiger partial charge in [-0.3, -0.25) is 9.59 Å². The Kier molecular flexibility index (Phi) is 11.1. The normalized spacial score (nSPS) is 30.1. The molecule has 0 spiro atoms. The Balaban J connectivity index is 2.04. The molecule has 0 aromatic carbocycles. The van der Waals surface area contributed by atoms with Crippen LogP contribution in [-0.4, -0.2) is 45.9 Å². The molecule has 32 heavy (non-hydrogen) atoms. The molecule has 0 aliphatic heterocycles. The SMILES string of the molecule is CCCC(=O)C[C@@H](P)CC(O)CC[C@@H]1[C@@H]2C(=C[C@@H](O)C[C@@H]2OC(=O)[C@@H](C)CC)C=C[C@@H]1C. The molecule has 2 rings (SSSR count). The molecule has 0 aromatic heterocycles. The number of Topliss-reactive ketones (excluding diaryl/α,β-unsaturated/α-hetero) is 1. The van der Waals surface area contributed by atoms with Gasteiger partial charge in [-0.1, -0.05) is 45.9 Å². The van der Waals surface area contributed by atoms with Crippen LogP contribution in [0.5, 0.6) is 0 Å². The Morgan fingerprint density at radius 2 is 2.03 bits per heavy atom. The van der Waals surface area contributed by atoms with Gasteiger partial charge in [0.25, 0.3) is 0 Å². The molecule has 0 bridgehead atoms. The second kappa shape index (κ2) is 13.0. The Hall–Kier alpha value is -1.03. The van der Waals surface area contributed by atoms with E-state index >= 15 is 0 Å². The minimum atomic E-state index is -0.612. The van der Waals surface area contributed by atoms with Gasteiger partial charge in [0, 0.05) is 25.2 Å². The zero-order valence-corrected chi connectivity index (χ0v) is 21.4. The summed E-state index contributed by atoms with van der Waals surface area (Å²) >= 11 is 0. The lowest BCUT2D eigenvalue weighted by Crippen LogP contribution is -2.43. The first-order valence-electron chi connectivity index (χ1n) is 12.4. The number of ketones is 1. The topological polar surface area (TPSA) is 83.8 Å². The molecule has 6 heteroatoms. The van der Waals surface area contributed by atoms with E-state index in [9.17, 15) is 19.8 Å². The Morgan fingerprint density at radius 1 is 1.31 bits per heavy atom. The quantitative estimate of drug-likeness (QED) is 0.324. The van der Waals surface area contributed by atoms with Crippen molar-refractivity contribution < 1.29 is 24.5 Å². The van der Waals surface area contributed by atoms with Gasteiger partial charge in [-0.2, -0.15) is 0 Å². The molecule has 0 fully saturated rings. The molecule has 0 heterocycles. The molecule has 0 saturated carbocycles. The van der Waals surface area contributed by atoms with E-state index in [1.165, 1.54) is 0 Å². The van der Waals surface area contributed by atoms with Crippen molar-refractivity contribution in [3.8, 4) is 0 Å². The van der Waals surface area contributed by atoms with Gasteiger partial charge in [0.2, 0.25) is 0 Å². The van der Waals surface area contributed by atoms with Crippen molar-refractivity contribution >= 4 is 21.0 Å². The van der Waals surface area contributed by atoms with Crippen LogP contribution in [0.1, 0.15) is 79.1 Å². The summed E-state index contributed by atoms with van der Waals surface area (Å²) in [4.78, 5) is 24.4. The lowest BCUT2D eigenvalue weighted by atomic mass is 9.66. The summed E-state index contributed by atoms with van der Waals surface area (Å²) in [5, 5.41) is 21.0. The van der Waals surface area contributed by atoms with Crippen LogP contribution in [0.3, 0.4) is 0 Å². The van der Waals surface area contributed by atoms with E-state index in [1.807, 2.05) is 26.8 Å². The standard InChI is InChI=1S/C26H43O5P/c1-5-7-19(27)13-22(32)14-20(28)10-11-23-17(4)8-9-18-12-21(29)15-24(25(18)23)31-26(30)16(3)6-2/h8-9,12,16-17,20-25,28-29H,5-7,10-11,13-15,32H2,1-4H3/t16-,17-,20?,21+,22+,23-,24-,25-/m0/s1. The number of hydrogen-bond donors (Lipinski definition) is 2. The highest BCUT2D eigenvalue weighted by atomic mass is 31.0. The second-order valence-electron chi connectivity index (χ2n) is 9.88. The molecule has 0 radical (unpaired) electrons. The number of aliphatic hydroxyl groups is 2. The molecule has 9 atom stereocenters. The minimum absolute atomic E-state index is 0.0385. The third-order valence-corrected chi connectivity index (χ3v) is 7.59. The first-order valence-corrected chi connectivity index (χ1v) is 13.1. The van der Waals surface area contributed by atoms with Crippen LogP contribution in [0, 0.1) is 23.7 Å². The zero-order valence-electron chi connectivity index (χ0n) is 20.2. The number of carbonyl (C=O) groups is 2. The summed E-state index contributed by atoms with van der Waals surface area (Å²) in [5.41, 5.74) is 1.13. The summed E-state index contributed by atoms with van der Waals surface area (Å²) in [6.45, 7) is 8.02. The number of hydrogen-bond acceptors (Lipinski definition) is 5. The van der Waals surface area contributed by atoms with Crippen molar-refractivity contribution in [3.63, 3.8) is 0 Å². The van der Waals surface area contributed by atoms with Gasteiger partial charge in [-0.15, -0.1) is 9.24 Å². The summed E-state index contributed by atoms with van der Waals surface area (Å²) in [6.07, 6.45) is 9.85. The van der Waals surface area contributed by atoms with Crippen LogP contribution < -0.4 is 0 Å². The maximum Gasteiger partial charge on any atom is 0.308 e. The van der Waals surface area contributed by atoms with Crippen LogP contribution in [-0.2, 0) is 14.3 Å². The fourth-order valence-electron chi connectivity index (χ4n) is 5.03. The highest BCUT2D eigenvalue weighted by Gasteiger charge is 2.42. The molecule has 2 aliphatic rings. The van der Waals surface area contributed by atoms with Crippen LogP contribution in [0.15, 0.2) is 23.8 Å². The van der Waals surface area contributed by atoms with Crippen molar-refractivity contribution in [2.24, 2.45) is 23.7 Å². The van der Waals surface area contributed by atoms with E-state index in [0.29, 0.717) is 38.0 Å². The zero-order chi connectivity index (χ0) is 23.8. The molecule has 2 aliphatic carbocycles. The lowest BCUT2D eigenvalue weighted by Gasteiger charge is -2.43. The molecular weight excluding hydrogens is 423 g/mol. The van der Waals surface area contributed by atoms with Gasteiger partial charge in [0.05, 0.1) is 18.1 Å². The van der Waals surface area contributed by atoms with Gasteiger partial charge < -0.3 is 14.9 Å². The van der Waals surface area contributed by atoms with E-state index in [2.05, 4.69) is 28.3 Å². The number of esters is 1. The van der Waals surface area contributed by atoms with Crippen LogP contribution in [0.2, 0.25) is 0 Å². The second-order valence-corrected chi connectivity index (χ2v) is 10.8. The van der Waals surface area contributed by atoms with Crippen molar-refractivity contribution in [1.82, 2.24) is 0 Å². The van der Waals surface area contributed by atoms with Crippen molar-refractivity contribution in [2.45, 2.75) is 103 Å². The number of ether oxygens (including phenoxy) is 1. The molecule has 0 amide bonds. The summed E-state index contributed by atoms with van der Waals surface area (Å²) in [6, 6.07) is 0. The van der Waals surface area contributed by atoms with Gasteiger partial charge in [-0.25, -0.2) is 0 Å². The van der Waals surface area contributed by atoms with Gasteiger partial charge >= 0.3 is 5.97 Å². The monoisotopic (exact) mass is 466 g/mol. The Bertz CT molecular complexity index is 688. The van der Waals surface area contributed by atoms with E-state index in [1.54, 1.807) is 0 Å². The molecule has 182 valence electrons. The minimum Gasteiger partial charge on any atom is -0.461 e. The molecule has 0 saturated heterocycles. The van der Waals surface area contributed by atoms with E-state index in [-0.39, 0.29) is 41.3 Å². The van der Waals surface area contributed by atoms with Crippen LogP contribution in [0.25, 0.3) is 0 Å². The Morgan fingerprint density at radius 3 is 2.69 bits per heavy atom. The molecule has 2 N–H and O–H groups in total. The number of rotatable bonds is 12. The first-order chi connectivity index (χ1) is 15.2. The summed E-state index contributed by atoms with van der Waals surface area (Å²) in [7, 11) is 2.71. The van der Waals surface area contributed by atoms with E-state index < -0.39 is 12.2 Å². The fourth-order valence-corrected chi connectivity index (χ4v) is 5.60. The molecule has 2 unspecified atom stereocenters. The smallest absolute Gasteiger partial charge is 0.308 e. The predicted molar refractivity (Wildman–Crippen MR) is 131 cm³/mol. The molecule has 5 nitrogen and oxygen atoms in total. The number of carbonyl (C=O) groups excluding carboxylic acids is 2. The highest BCUT2D eigenvalue weighted by molar-refractivity contribution is 7.17. The lowest BCUT2D eigenvalue weighted by molar-refractivity contribution is -0.159. The third-order valence-electron chi connectivity index (χ3n) is 7.08. The molecular formula is C26H43O5P. The fraction of sp³-hybridized carbons (Fsp3) is 0.769. The average molecular weight is 467 g/mol. The number of aliphatic hydroxyl groups excluding tert-OH is 2. The maximum absolute atomic E-state index is 12.5. The van der Waals surface area contributed by atoms with Crippen LogP contribution in [0.4, 0.5) is 0 Å². The van der Waals surface area contributed by atoms with Gasteiger partial charge in [0.1, 0.15) is 11.9 Å². The number of fused-ring (bicyclic) bond motifs is 1. The Labute approximate surface area is 196 Å². The van der Waals surface area contributed by atoms with E-state index in [4.69, 9.17) is 4.74 Å². The summed E-state index contributed by atoms with van der Waals surface area (Å²) in [5.74, 6) is 0.459. The van der Waals surface area contributed by atoms with Crippen LogP contribution >= 0.6 is 9.24 Å².